The highest BCUT2D eigenvalue weighted by Gasteiger charge is 2.25. The third kappa shape index (κ3) is 3.69. The number of pyridine rings is 1. The zero-order valence-corrected chi connectivity index (χ0v) is 16.5. The fraction of sp³-hybridized carbons (Fsp3) is 0.304. The third-order valence-electron chi connectivity index (χ3n) is 5.70. The predicted octanol–water partition coefficient (Wildman–Crippen LogP) is 2.83. The van der Waals surface area contributed by atoms with Crippen molar-refractivity contribution >= 4 is 16.7 Å². The van der Waals surface area contributed by atoms with Crippen LogP contribution in [0.5, 0.6) is 0 Å². The van der Waals surface area contributed by atoms with Crippen LogP contribution in [0.1, 0.15) is 23.0 Å². The van der Waals surface area contributed by atoms with E-state index in [1.54, 1.807) is 28.8 Å². The van der Waals surface area contributed by atoms with Gasteiger partial charge in [0.15, 0.2) is 0 Å². The van der Waals surface area contributed by atoms with E-state index in [4.69, 9.17) is 0 Å². The molecule has 0 aliphatic carbocycles. The van der Waals surface area contributed by atoms with Gasteiger partial charge in [-0.05, 0) is 24.7 Å². The van der Waals surface area contributed by atoms with Gasteiger partial charge in [0, 0.05) is 49.2 Å². The summed E-state index contributed by atoms with van der Waals surface area (Å²) < 4.78 is 1.58. The topological polar surface area (TPSA) is 65.8 Å². The van der Waals surface area contributed by atoms with Crippen LogP contribution < -0.4 is 5.56 Å². The molecular weight excluding hydrogens is 366 g/mol. The minimum atomic E-state index is -1.01. The van der Waals surface area contributed by atoms with Gasteiger partial charge in [-0.15, -0.1) is 0 Å². The first-order valence-corrected chi connectivity index (χ1v) is 10.00. The largest absolute Gasteiger partial charge is 0.478 e. The molecule has 0 radical (unpaired) electrons. The van der Waals surface area contributed by atoms with Crippen LogP contribution >= 0.6 is 0 Å². The Bertz CT molecular complexity index is 1080. The summed E-state index contributed by atoms with van der Waals surface area (Å²) in [5, 5.41) is 11.0. The van der Waals surface area contributed by atoms with Crippen molar-refractivity contribution in [3.8, 4) is 5.69 Å². The molecule has 1 saturated heterocycles. The Kier molecular flexibility index (Phi) is 5.47. The zero-order chi connectivity index (χ0) is 20.4. The van der Waals surface area contributed by atoms with Crippen LogP contribution in [0.4, 0.5) is 0 Å². The molecule has 1 aliphatic rings. The molecule has 3 aromatic rings. The molecule has 29 heavy (non-hydrogen) atoms. The Morgan fingerprint density at radius 3 is 2.10 bits per heavy atom. The lowest BCUT2D eigenvalue weighted by atomic mass is 10.0. The number of likely N-dealkylation sites (N-methyl/N-ethyl adjacent to an activating group) is 1. The fourth-order valence-electron chi connectivity index (χ4n) is 4.11. The van der Waals surface area contributed by atoms with Crippen LogP contribution in [0.3, 0.4) is 0 Å². The summed E-state index contributed by atoms with van der Waals surface area (Å²) in [6.07, 6.45) is 0. The standard InChI is InChI=1S/C23H25N3O3/c1-2-24-12-14-25(15-13-24)16-20-21(23(28)29)18-10-6-7-11-19(18)22(27)26(20)17-8-4-3-5-9-17/h3-11H,2,12-16H2,1H3,(H,28,29). The number of hydrogen-bond acceptors (Lipinski definition) is 4. The predicted molar refractivity (Wildman–Crippen MR) is 114 cm³/mol. The summed E-state index contributed by atoms with van der Waals surface area (Å²) in [7, 11) is 0. The second-order valence-corrected chi connectivity index (χ2v) is 7.36. The average Bonchev–Trinajstić information content (AvgIpc) is 2.75. The number of rotatable bonds is 5. The third-order valence-corrected chi connectivity index (χ3v) is 5.70. The Balaban J connectivity index is 1.92. The van der Waals surface area contributed by atoms with E-state index < -0.39 is 5.97 Å². The highest BCUT2D eigenvalue weighted by Crippen LogP contribution is 2.24. The van der Waals surface area contributed by atoms with Gasteiger partial charge in [0.25, 0.3) is 5.56 Å². The normalized spacial score (nSPS) is 15.6. The molecule has 6 heteroatoms. The Labute approximate surface area is 169 Å². The van der Waals surface area contributed by atoms with Crippen molar-refractivity contribution in [3.63, 3.8) is 0 Å². The molecule has 2 heterocycles. The second kappa shape index (κ2) is 8.19. The second-order valence-electron chi connectivity index (χ2n) is 7.36. The molecule has 1 N–H and O–H groups in total. The van der Waals surface area contributed by atoms with Gasteiger partial charge in [0.1, 0.15) is 0 Å². The number of hydrogen-bond donors (Lipinski definition) is 1. The number of aromatic nitrogens is 1. The molecule has 4 rings (SSSR count). The summed E-state index contributed by atoms with van der Waals surface area (Å²) in [5.74, 6) is -1.01. The molecule has 0 spiro atoms. The summed E-state index contributed by atoms with van der Waals surface area (Å²) in [5.41, 5.74) is 1.26. The molecule has 2 aromatic carbocycles. The summed E-state index contributed by atoms with van der Waals surface area (Å²) >= 11 is 0. The molecule has 0 atom stereocenters. The van der Waals surface area contributed by atoms with Crippen LogP contribution in [0.2, 0.25) is 0 Å². The number of carboxylic acids is 1. The Morgan fingerprint density at radius 1 is 0.897 bits per heavy atom. The molecule has 0 amide bonds. The van der Waals surface area contributed by atoms with Crippen molar-refractivity contribution in [3.05, 3.63) is 76.2 Å². The minimum Gasteiger partial charge on any atom is -0.478 e. The first-order chi connectivity index (χ1) is 14.1. The summed E-state index contributed by atoms with van der Waals surface area (Å²) in [6, 6.07) is 16.3. The maximum Gasteiger partial charge on any atom is 0.338 e. The van der Waals surface area contributed by atoms with E-state index >= 15 is 0 Å². The molecular formula is C23H25N3O3. The lowest BCUT2D eigenvalue weighted by Gasteiger charge is -2.34. The number of piperazine rings is 1. The lowest BCUT2D eigenvalue weighted by Crippen LogP contribution is -2.46. The molecule has 1 aromatic heterocycles. The van der Waals surface area contributed by atoms with E-state index in [9.17, 15) is 14.7 Å². The number of fused-ring (bicyclic) bond motifs is 1. The molecule has 1 aliphatic heterocycles. The van der Waals surface area contributed by atoms with Crippen molar-refractivity contribution in [2.75, 3.05) is 32.7 Å². The van der Waals surface area contributed by atoms with Crippen LogP contribution in [0.15, 0.2) is 59.4 Å². The van der Waals surface area contributed by atoms with Gasteiger partial charge in [0.2, 0.25) is 0 Å². The zero-order valence-electron chi connectivity index (χ0n) is 16.5. The highest BCUT2D eigenvalue weighted by atomic mass is 16.4. The minimum absolute atomic E-state index is 0.181. The average molecular weight is 391 g/mol. The van der Waals surface area contributed by atoms with Crippen LogP contribution in [0, 0.1) is 0 Å². The monoisotopic (exact) mass is 391 g/mol. The van der Waals surface area contributed by atoms with E-state index in [0.29, 0.717) is 28.7 Å². The van der Waals surface area contributed by atoms with Gasteiger partial charge in [-0.3, -0.25) is 14.3 Å². The van der Waals surface area contributed by atoms with Gasteiger partial charge >= 0.3 is 5.97 Å². The summed E-state index contributed by atoms with van der Waals surface area (Å²) in [6.45, 7) is 7.18. The number of carboxylic acid groups (broad SMARTS) is 1. The van der Waals surface area contributed by atoms with Crippen molar-refractivity contribution in [1.29, 1.82) is 0 Å². The van der Waals surface area contributed by atoms with Crippen LogP contribution in [-0.2, 0) is 6.54 Å². The molecule has 1 fully saturated rings. The first-order valence-electron chi connectivity index (χ1n) is 10.00. The highest BCUT2D eigenvalue weighted by molar-refractivity contribution is 6.04. The van der Waals surface area contributed by atoms with Crippen molar-refractivity contribution in [2.45, 2.75) is 13.5 Å². The Morgan fingerprint density at radius 2 is 1.48 bits per heavy atom. The van der Waals surface area contributed by atoms with Gasteiger partial charge < -0.3 is 10.0 Å². The lowest BCUT2D eigenvalue weighted by molar-refractivity contribution is 0.0693. The van der Waals surface area contributed by atoms with Gasteiger partial charge in [-0.1, -0.05) is 43.3 Å². The van der Waals surface area contributed by atoms with E-state index in [0.717, 1.165) is 32.7 Å². The fourth-order valence-corrected chi connectivity index (χ4v) is 4.11. The van der Waals surface area contributed by atoms with Crippen LogP contribution in [0.25, 0.3) is 16.5 Å². The van der Waals surface area contributed by atoms with Gasteiger partial charge in [-0.2, -0.15) is 0 Å². The molecule has 0 bridgehead atoms. The number of nitrogens with zero attached hydrogens (tertiary/aromatic N) is 3. The number of para-hydroxylation sites is 1. The number of carbonyl (C=O) groups is 1. The van der Waals surface area contributed by atoms with Gasteiger partial charge in [-0.25, -0.2) is 4.79 Å². The molecule has 6 nitrogen and oxygen atoms in total. The van der Waals surface area contributed by atoms with E-state index in [1.165, 1.54) is 0 Å². The maximum atomic E-state index is 13.4. The van der Waals surface area contributed by atoms with E-state index in [-0.39, 0.29) is 11.1 Å². The Hall–Kier alpha value is -2.96. The van der Waals surface area contributed by atoms with Crippen molar-refractivity contribution < 1.29 is 9.90 Å². The number of benzene rings is 2. The SMILES string of the molecule is CCN1CCN(Cc2c(C(=O)O)c3ccccc3c(=O)n2-c2ccccc2)CC1. The molecule has 0 unspecified atom stereocenters. The van der Waals surface area contributed by atoms with Gasteiger partial charge in [0.05, 0.1) is 11.3 Å². The van der Waals surface area contributed by atoms with Crippen molar-refractivity contribution in [1.82, 2.24) is 14.4 Å². The smallest absolute Gasteiger partial charge is 0.338 e. The van der Waals surface area contributed by atoms with Crippen molar-refractivity contribution in [2.24, 2.45) is 0 Å². The maximum absolute atomic E-state index is 13.4. The van der Waals surface area contributed by atoms with Crippen LogP contribution in [-0.4, -0.2) is 58.2 Å². The quantitative estimate of drug-likeness (QED) is 0.725. The number of aromatic carboxylic acids is 1. The summed E-state index contributed by atoms with van der Waals surface area (Å²) in [4.78, 5) is 30.3. The molecule has 150 valence electrons. The van der Waals surface area contributed by atoms with E-state index in [2.05, 4.69) is 16.7 Å². The van der Waals surface area contributed by atoms with E-state index in [1.807, 2.05) is 30.3 Å². The first kappa shape index (κ1) is 19.4. The molecule has 0 saturated carbocycles.